The van der Waals surface area contributed by atoms with E-state index >= 15 is 0 Å². The normalized spacial score (nSPS) is 12.0. The Labute approximate surface area is 134 Å². The highest BCUT2D eigenvalue weighted by atomic mass is 79.9. The summed E-state index contributed by atoms with van der Waals surface area (Å²) < 4.78 is 11.5. The molecule has 0 aliphatic heterocycles. The smallest absolute Gasteiger partial charge is 0.120 e. The highest BCUT2D eigenvalue weighted by molar-refractivity contribution is 9.10. The number of halogens is 1. The van der Waals surface area contributed by atoms with Crippen LogP contribution in [0.25, 0.3) is 0 Å². The molecule has 2 aromatic rings. The van der Waals surface area contributed by atoms with Gasteiger partial charge < -0.3 is 14.8 Å². The molecule has 1 atom stereocenters. The molecule has 112 valence electrons. The van der Waals surface area contributed by atoms with E-state index in [9.17, 15) is 0 Å². The molecule has 1 unspecified atom stereocenters. The summed E-state index contributed by atoms with van der Waals surface area (Å²) in [5.74, 6) is 1.71. The number of nitrogens with one attached hydrogen (secondary N) is 1. The second-order valence-electron chi connectivity index (χ2n) is 4.65. The van der Waals surface area contributed by atoms with Gasteiger partial charge in [0.05, 0.1) is 20.3 Å². The van der Waals surface area contributed by atoms with Crippen LogP contribution >= 0.6 is 15.9 Å². The molecule has 0 saturated carbocycles. The van der Waals surface area contributed by atoms with Gasteiger partial charge in [-0.1, -0.05) is 41.1 Å². The van der Waals surface area contributed by atoms with Crippen LogP contribution in [0.3, 0.4) is 0 Å². The van der Waals surface area contributed by atoms with Gasteiger partial charge in [-0.25, -0.2) is 0 Å². The molecule has 2 aromatic carbocycles. The molecule has 0 aliphatic carbocycles. The minimum absolute atomic E-state index is 0.126. The molecule has 3 nitrogen and oxygen atoms in total. The number of hydrogen-bond acceptors (Lipinski definition) is 3. The average molecular weight is 350 g/mol. The SMILES string of the molecule is CCNC(c1ccc(OC)cc1)c1ccc(OC)cc1Br. The molecule has 0 heterocycles. The molecular weight excluding hydrogens is 330 g/mol. The third-order valence-corrected chi connectivity index (χ3v) is 4.06. The Morgan fingerprint density at radius 3 is 2.14 bits per heavy atom. The van der Waals surface area contributed by atoms with E-state index in [2.05, 4.69) is 46.4 Å². The Morgan fingerprint density at radius 2 is 1.62 bits per heavy atom. The van der Waals surface area contributed by atoms with Gasteiger partial charge in [0.2, 0.25) is 0 Å². The van der Waals surface area contributed by atoms with Gasteiger partial charge in [-0.15, -0.1) is 0 Å². The van der Waals surface area contributed by atoms with Crippen molar-refractivity contribution in [3.63, 3.8) is 0 Å². The van der Waals surface area contributed by atoms with Crippen LogP contribution in [-0.2, 0) is 0 Å². The molecule has 0 aliphatic rings. The van der Waals surface area contributed by atoms with E-state index in [4.69, 9.17) is 9.47 Å². The molecule has 0 aromatic heterocycles. The van der Waals surface area contributed by atoms with E-state index in [0.717, 1.165) is 22.5 Å². The van der Waals surface area contributed by atoms with Crippen molar-refractivity contribution >= 4 is 15.9 Å². The second kappa shape index (κ2) is 7.48. The molecule has 0 fully saturated rings. The number of benzene rings is 2. The van der Waals surface area contributed by atoms with Crippen LogP contribution in [0.2, 0.25) is 0 Å². The fraction of sp³-hybridized carbons (Fsp3) is 0.294. The van der Waals surface area contributed by atoms with Crippen molar-refractivity contribution < 1.29 is 9.47 Å². The Kier molecular flexibility index (Phi) is 5.65. The van der Waals surface area contributed by atoms with Gasteiger partial charge in [0, 0.05) is 4.47 Å². The van der Waals surface area contributed by atoms with Crippen molar-refractivity contribution in [2.45, 2.75) is 13.0 Å². The lowest BCUT2D eigenvalue weighted by Crippen LogP contribution is -2.22. The van der Waals surface area contributed by atoms with Crippen molar-refractivity contribution in [2.24, 2.45) is 0 Å². The predicted molar refractivity (Wildman–Crippen MR) is 89.2 cm³/mol. The molecule has 0 radical (unpaired) electrons. The maximum Gasteiger partial charge on any atom is 0.120 e. The van der Waals surface area contributed by atoms with Crippen molar-refractivity contribution in [3.05, 3.63) is 58.1 Å². The zero-order valence-corrected chi connectivity index (χ0v) is 14.1. The number of hydrogen-bond donors (Lipinski definition) is 1. The van der Waals surface area contributed by atoms with Gasteiger partial charge in [-0.05, 0) is 41.9 Å². The maximum atomic E-state index is 5.26. The Balaban J connectivity index is 2.37. The molecule has 0 spiro atoms. The van der Waals surface area contributed by atoms with Crippen molar-refractivity contribution in [2.75, 3.05) is 20.8 Å². The van der Waals surface area contributed by atoms with Crippen LogP contribution in [0.15, 0.2) is 46.9 Å². The Bertz CT molecular complexity index is 584. The molecule has 21 heavy (non-hydrogen) atoms. The molecule has 0 saturated heterocycles. The van der Waals surface area contributed by atoms with Crippen LogP contribution in [-0.4, -0.2) is 20.8 Å². The standard InChI is InChI=1S/C17H20BrNO2/c1-4-19-17(12-5-7-13(20-2)8-6-12)15-10-9-14(21-3)11-16(15)18/h5-11,17,19H,4H2,1-3H3. The first-order valence-electron chi connectivity index (χ1n) is 6.90. The van der Waals surface area contributed by atoms with Crippen molar-refractivity contribution in [3.8, 4) is 11.5 Å². The monoisotopic (exact) mass is 349 g/mol. The average Bonchev–Trinajstić information content (AvgIpc) is 2.53. The quantitative estimate of drug-likeness (QED) is 0.848. The summed E-state index contributed by atoms with van der Waals surface area (Å²) >= 11 is 3.64. The number of ether oxygens (including phenoxy) is 2. The second-order valence-corrected chi connectivity index (χ2v) is 5.51. The minimum Gasteiger partial charge on any atom is -0.497 e. The van der Waals surface area contributed by atoms with Crippen LogP contribution in [0, 0.1) is 0 Å². The van der Waals surface area contributed by atoms with Crippen molar-refractivity contribution in [1.29, 1.82) is 0 Å². The lowest BCUT2D eigenvalue weighted by atomic mass is 9.98. The predicted octanol–water partition coefficient (Wildman–Crippen LogP) is 4.17. The zero-order chi connectivity index (χ0) is 15.2. The van der Waals surface area contributed by atoms with Crippen molar-refractivity contribution in [1.82, 2.24) is 5.32 Å². The lowest BCUT2D eigenvalue weighted by molar-refractivity contribution is 0.414. The molecule has 4 heteroatoms. The van der Waals surface area contributed by atoms with Gasteiger partial charge in [0.1, 0.15) is 11.5 Å². The van der Waals surface area contributed by atoms with E-state index in [0.29, 0.717) is 0 Å². The van der Waals surface area contributed by atoms with Gasteiger partial charge in [-0.3, -0.25) is 0 Å². The molecule has 0 bridgehead atoms. The summed E-state index contributed by atoms with van der Waals surface area (Å²) in [6, 6.07) is 14.3. The van der Waals surface area contributed by atoms with Crippen LogP contribution < -0.4 is 14.8 Å². The molecular formula is C17H20BrNO2. The largest absolute Gasteiger partial charge is 0.497 e. The van der Waals surface area contributed by atoms with E-state index in [-0.39, 0.29) is 6.04 Å². The fourth-order valence-electron chi connectivity index (χ4n) is 2.28. The first kappa shape index (κ1) is 15.9. The van der Waals surface area contributed by atoms with E-state index < -0.39 is 0 Å². The van der Waals surface area contributed by atoms with Crippen LogP contribution in [0.4, 0.5) is 0 Å². The molecule has 2 rings (SSSR count). The molecule has 0 amide bonds. The van der Waals surface area contributed by atoms with Gasteiger partial charge in [0.25, 0.3) is 0 Å². The van der Waals surface area contributed by atoms with Gasteiger partial charge >= 0.3 is 0 Å². The Morgan fingerprint density at radius 1 is 1.00 bits per heavy atom. The minimum atomic E-state index is 0.126. The Hall–Kier alpha value is -1.52. The zero-order valence-electron chi connectivity index (χ0n) is 12.5. The van der Waals surface area contributed by atoms with Gasteiger partial charge in [-0.2, -0.15) is 0 Å². The molecule has 1 N–H and O–H groups in total. The number of rotatable bonds is 6. The summed E-state index contributed by atoms with van der Waals surface area (Å²) in [5, 5.41) is 3.52. The number of methoxy groups -OCH3 is 2. The maximum absolute atomic E-state index is 5.26. The van der Waals surface area contributed by atoms with Gasteiger partial charge in [0.15, 0.2) is 0 Å². The van der Waals surface area contributed by atoms with E-state index in [1.165, 1.54) is 11.1 Å². The highest BCUT2D eigenvalue weighted by Gasteiger charge is 2.16. The first-order valence-corrected chi connectivity index (χ1v) is 7.69. The summed E-state index contributed by atoms with van der Waals surface area (Å²) in [4.78, 5) is 0. The lowest BCUT2D eigenvalue weighted by Gasteiger charge is -2.21. The third kappa shape index (κ3) is 3.77. The summed E-state index contributed by atoms with van der Waals surface area (Å²) in [6.45, 7) is 2.99. The van der Waals surface area contributed by atoms with E-state index in [1.54, 1.807) is 14.2 Å². The summed E-state index contributed by atoms with van der Waals surface area (Å²) in [6.07, 6.45) is 0. The fourth-order valence-corrected chi connectivity index (χ4v) is 2.86. The highest BCUT2D eigenvalue weighted by Crippen LogP contribution is 2.32. The van der Waals surface area contributed by atoms with Crippen LogP contribution in [0.5, 0.6) is 11.5 Å². The first-order chi connectivity index (χ1) is 10.2. The summed E-state index contributed by atoms with van der Waals surface area (Å²) in [5.41, 5.74) is 2.38. The van der Waals surface area contributed by atoms with Crippen LogP contribution in [0.1, 0.15) is 24.1 Å². The van der Waals surface area contributed by atoms with E-state index in [1.807, 2.05) is 24.3 Å². The third-order valence-electron chi connectivity index (χ3n) is 3.38. The summed E-state index contributed by atoms with van der Waals surface area (Å²) in [7, 11) is 3.35. The topological polar surface area (TPSA) is 30.5 Å².